The average molecular weight is 392 g/mol. The quantitative estimate of drug-likeness (QED) is 0.487. The second kappa shape index (κ2) is 8.31. The van der Waals surface area contributed by atoms with Crippen molar-refractivity contribution in [3.8, 4) is 5.75 Å². The van der Waals surface area contributed by atoms with Crippen LogP contribution in [0, 0.1) is 12.8 Å². The highest BCUT2D eigenvalue weighted by Gasteiger charge is 2.23. The van der Waals surface area contributed by atoms with Crippen LogP contribution >= 0.6 is 31.9 Å². The van der Waals surface area contributed by atoms with Gasteiger partial charge in [0.05, 0.1) is 7.11 Å². The molecule has 0 N–H and O–H groups in total. The Morgan fingerprint density at radius 2 is 1.74 bits per heavy atom. The summed E-state index contributed by atoms with van der Waals surface area (Å²) in [7, 11) is 1.75. The summed E-state index contributed by atoms with van der Waals surface area (Å²) in [5.74, 6) is 1.65. The third-order valence-corrected chi connectivity index (χ3v) is 5.64. The van der Waals surface area contributed by atoms with Gasteiger partial charge in [0.15, 0.2) is 0 Å². The number of ether oxygens (including phenoxy) is 1. The Hall–Kier alpha value is -0.0200. The molecular weight excluding hydrogens is 368 g/mol. The van der Waals surface area contributed by atoms with E-state index in [-0.39, 0.29) is 0 Å². The van der Waals surface area contributed by atoms with Crippen molar-refractivity contribution in [3.63, 3.8) is 0 Å². The van der Waals surface area contributed by atoms with Crippen LogP contribution in [-0.2, 0) is 0 Å². The highest BCUT2D eigenvalue weighted by molar-refractivity contribution is 9.10. The molecular formula is C16H24Br2O. The minimum Gasteiger partial charge on any atom is -0.496 e. The van der Waals surface area contributed by atoms with Crippen molar-refractivity contribution < 1.29 is 4.74 Å². The standard InChI is InChI=1S/C16H24Br2O/c1-5-7-12(8-6-2)16(18)13-10-14(17)11(3)9-15(13)19-4/h9-10,12,16H,5-8H2,1-4H3. The summed E-state index contributed by atoms with van der Waals surface area (Å²) in [5, 5.41) is 0. The summed E-state index contributed by atoms with van der Waals surface area (Å²) in [6.07, 6.45) is 4.95. The molecule has 1 unspecified atom stereocenters. The van der Waals surface area contributed by atoms with E-state index in [2.05, 4.69) is 64.8 Å². The predicted octanol–water partition coefficient (Wildman–Crippen LogP) is 6.42. The van der Waals surface area contributed by atoms with Crippen LogP contribution in [0.1, 0.15) is 55.5 Å². The van der Waals surface area contributed by atoms with Gasteiger partial charge in [0, 0.05) is 14.9 Å². The highest BCUT2D eigenvalue weighted by Crippen LogP contribution is 2.42. The largest absolute Gasteiger partial charge is 0.496 e. The Morgan fingerprint density at radius 1 is 1.16 bits per heavy atom. The number of methoxy groups -OCH3 is 1. The molecule has 3 heteroatoms. The van der Waals surface area contributed by atoms with Gasteiger partial charge >= 0.3 is 0 Å². The lowest BCUT2D eigenvalue weighted by atomic mass is 9.90. The molecule has 0 aromatic heterocycles. The van der Waals surface area contributed by atoms with Crippen molar-refractivity contribution in [1.82, 2.24) is 0 Å². The van der Waals surface area contributed by atoms with Gasteiger partial charge in [-0.1, -0.05) is 58.5 Å². The molecule has 0 saturated heterocycles. The molecule has 1 aromatic carbocycles. The molecule has 1 aromatic rings. The smallest absolute Gasteiger partial charge is 0.123 e. The molecule has 0 radical (unpaired) electrons. The van der Waals surface area contributed by atoms with Crippen LogP contribution in [0.25, 0.3) is 0 Å². The van der Waals surface area contributed by atoms with Crippen molar-refractivity contribution in [1.29, 1.82) is 0 Å². The lowest BCUT2D eigenvalue weighted by molar-refractivity contribution is 0.391. The normalized spacial score (nSPS) is 12.8. The van der Waals surface area contributed by atoms with Gasteiger partial charge in [-0.2, -0.15) is 0 Å². The summed E-state index contributed by atoms with van der Waals surface area (Å²) in [6.45, 7) is 6.60. The number of aryl methyl sites for hydroxylation is 1. The van der Waals surface area contributed by atoms with E-state index in [1.807, 2.05) is 0 Å². The van der Waals surface area contributed by atoms with Gasteiger partial charge in [-0.3, -0.25) is 0 Å². The summed E-state index contributed by atoms with van der Waals surface area (Å²) in [6, 6.07) is 4.31. The third-order valence-electron chi connectivity index (χ3n) is 3.54. The summed E-state index contributed by atoms with van der Waals surface area (Å²) >= 11 is 7.53. The van der Waals surface area contributed by atoms with Gasteiger partial charge < -0.3 is 4.74 Å². The van der Waals surface area contributed by atoms with E-state index < -0.39 is 0 Å². The summed E-state index contributed by atoms with van der Waals surface area (Å²) < 4.78 is 6.71. The lowest BCUT2D eigenvalue weighted by Crippen LogP contribution is -2.09. The third kappa shape index (κ3) is 4.49. The minimum absolute atomic E-state index is 0.360. The number of rotatable bonds is 7. The Morgan fingerprint density at radius 3 is 2.21 bits per heavy atom. The molecule has 1 rings (SSSR count). The molecule has 1 nitrogen and oxygen atoms in total. The lowest BCUT2D eigenvalue weighted by Gasteiger charge is -2.24. The van der Waals surface area contributed by atoms with Gasteiger partial charge in [0.2, 0.25) is 0 Å². The number of halogens is 2. The molecule has 19 heavy (non-hydrogen) atoms. The van der Waals surface area contributed by atoms with Gasteiger partial charge in [-0.05, 0) is 43.4 Å². The van der Waals surface area contributed by atoms with E-state index in [0.29, 0.717) is 10.7 Å². The van der Waals surface area contributed by atoms with E-state index in [4.69, 9.17) is 4.74 Å². The zero-order valence-electron chi connectivity index (χ0n) is 12.3. The molecule has 0 bridgehead atoms. The molecule has 0 spiro atoms. The second-order valence-electron chi connectivity index (χ2n) is 5.08. The van der Waals surface area contributed by atoms with Crippen molar-refractivity contribution in [3.05, 3.63) is 27.7 Å². The molecule has 0 saturated carbocycles. The minimum atomic E-state index is 0.360. The van der Waals surface area contributed by atoms with Crippen LogP contribution in [0.4, 0.5) is 0 Å². The molecule has 0 aliphatic heterocycles. The fourth-order valence-electron chi connectivity index (χ4n) is 2.50. The first kappa shape index (κ1) is 17.0. The van der Waals surface area contributed by atoms with E-state index in [0.717, 1.165) is 10.2 Å². The fraction of sp³-hybridized carbons (Fsp3) is 0.625. The first-order valence-corrected chi connectivity index (χ1v) is 8.74. The van der Waals surface area contributed by atoms with Crippen LogP contribution in [0.3, 0.4) is 0 Å². The van der Waals surface area contributed by atoms with E-state index in [1.54, 1.807) is 7.11 Å². The first-order chi connectivity index (χ1) is 9.04. The van der Waals surface area contributed by atoms with Gasteiger partial charge in [0.1, 0.15) is 5.75 Å². The Balaban J connectivity index is 3.08. The van der Waals surface area contributed by atoms with Crippen LogP contribution in [0.15, 0.2) is 16.6 Å². The molecule has 1 atom stereocenters. The number of alkyl halides is 1. The Bertz CT molecular complexity index is 398. The van der Waals surface area contributed by atoms with Gasteiger partial charge in [0.25, 0.3) is 0 Å². The van der Waals surface area contributed by atoms with Crippen molar-refractivity contribution in [2.24, 2.45) is 5.92 Å². The highest BCUT2D eigenvalue weighted by atomic mass is 79.9. The maximum atomic E-state index is 5.56. The number of benzene rings is 1. The van der Waals surface area contributed by atoms with Crippen LogP contribution in [0.5, 0.6) is 5.75 Å². The van der Waals surface area contributed by atoms with E-state index in [1.165, 1.54) is 36.8 Å². The topological polar surface area (TPSA) is 9.23 Å². The van der Waals surface area contributed by atoms with Crippen LogP contribution in [0.2, 0.25) is 0 Å². The fourth-order valence-corrected chi connectivity index (χ4v) is 3.74. The van der Waals surface area contributed by atoms with Crippen molar-refractivity contribution >= 4 is 31.9 Å². The van der Waals surface area contributed by atoms with Gasteiger partial charge in [-0.25, -0.2) is 0 Å². The van der Waals surface area contributed by atoms with Crippen LogP contribution in [-0.4, -0.2) is 7.11 Å². The zero-order valence-corrected chi connectivity index (χ0v) is 15.5. The van der Waals surface area contributed by atoms with Gasteiger partial charge in [-0.15, -0.1) is 0 Å². The van der Waals surface area contributed by atoms with Crippen LogP contribution < -0.4 is 4.74 Å². The Labute approximate surface area is 134 Å². The number of hydrogen-bond acceptors (Lipinski definition) is 1. The van der Waals surface area contributed by atoms with Crippen molar-refractivity contribution in [2.45, 2.75) is 51.3 Å². The molecule has 0 amide bonds. The second-order valence-corrected chi connectivity index (χ2v) is 6.92. The zero-order chi connectivity index (χ0) is 14.4. The van der Waals surface area contributed by atoms with E-state index >= 15 is 0 Å². The monoisotopic (exact) mass is 390 g/mol. The molecule has 0 aliphatic rings. The van der Waals surface area contributed by atoms with Crippen molar-refractivity contribution in [2.75, 3.05) is 7.11 Å². The molecule has 0 fully saturated rings. The average Bonchev–Trinajstić information content (AvgIpc) is 2.40. The molecule has 0 heterocycles. The molecule has 0 aliphatic carbocycles. The van der Waals surface area contributed by atoms with E-state index in [9.17, 15) is 0 Å². The summed E-state index contributed by atoms with van der Waals surface area (Å²) in [4.78, 5) is 0.360. The number of hydrogen-bond donors (Lipinski definition) is 0. The maximum Gasteiger partial charge on any atom is 0.123 e. The predicted molar refractivity (Wildman–Crippen MR) is 90.4 cm³/mol. The maximum absolute atomic E-state index is 5.56. The summed E-state index contributed by atoms with van der Waals surface area (Å²) in [5.41, 5.74) is 2.47. The Kier molecular flexibility index (Phi) is 7.45. The SMILES string of the molecule is CCCC(CCC)C(Br)c1cc(Br)c(C)cc1OC. The first-order valence-electron chi connectivity index (χ1n) is 7.03. The molecule has 108 valence electrons.